The van der Waals surface area contributed by atoms with E-state index in [1.807, 2.05) is 6.20 Å². The van der Waals surface area contributed by atoms with E-state index in [2.05, 4.69) is 21.3 Å². The lowest BCUT2D eigenvalue weighted by Gasteiger charge is -2.25. The number of aromatic nitrogens is 1. The molecule has 6 heteroatoms. The molecule has 0 amide bonds. The summed E-state index contributed by atoms with van der Waals surface area (Å²) in [4.78, 5) is 8.02. The molecule has 0 radical (unpaired) electrons. The molecule has 0 spiro atoms. The Morgan fingerprint density at radius 1 is 1.42 bits per heavy atom. The topological polar surface area (TPSA) is 61.2 Å². The van der Waals surface area contributed by atoms with Gasteiger partial charge in [0.25, 0.3) is 0 Å². The second kappa shape index (κ2) is 8.10. The van der Waals surface area contributed by atoms with Crippen molar-refractivity contribution in [3.63, 3.8) is 0 Å². The Balaban J connectivity index is 1.67. The number of morpholine rings is 1. The molecule has 1 aliphatic heterocycles. The minimum atomic E-state index is 0.656. The van der Waals surface area contributed by atoms with Gasteiger partial charge >= 0.3 is 0 Å². The maximum atomic E-state index is 8.44. The second-order valence-corrected chi connectivity index (χ2v) is 5.59. The molecule has 0 saturated carbocycles. The Kier molecular flexibility index (Phi) is 6.08. The molecule has 1 aromatic rings. The van der Waals surface area contributed by atoms with Gasteiger partial charge < -0.3 is 15.0 Å². The maximum absolute atomic E-state index is 8.44. The molecule has 0 unspecified atom stereocenters. The van der Waals surface area contributed by atoms with E-state index in [0.717, 1.165) is 57.4 Å². The van der Waals surface area contributed by atoms with Gasteiger partial charge in [0.05, 0.1) is 19.3 Å². The molecular formula is C13H20N4OS. The first kappa shape index (κ1) is 14.3. The van der Waals surface area contributed by atoms with Gasteiger partial charge in [0.15, 0.2) is 5.13 Å². The molecular weight excluding hydrogens is 260 g/mol. The smallest absolute Gasteiger partial charge is 0.185 e. The minimum absolute atomic E-state index is 0.656. The van der Waals surface area contributed by atoms with Crippen LogP contribution in [0, 0.1) is 11.3 Å². The lowest BCUT2D eigenvalue weighted by molar-refractivity contribution is 0.122. The molecule has 0 bridgehead atoms. The van der Waals surface area contributed by atoms with Crippen molar-refractivity contribution >= 4 is 16.5 Å². The van der Waals surface area contributed by atoms with Crippen LogP contribution in [0.4, 0.5) is 5.13 Å². The Morgan fingerprint density at radius 3 is 3.05 bits per heavy atom. The van der Waals surface area contributed by atoms with Crippen molar-refractivity contribution in [2.45, 2.75) is 25.8 Å². The van der Waals surface area contributed by atoms with E-state index in [-0.39, 0.29) is 0 Å². The van der Waals surface area contributed by atoms with Gasteiger partial charge in [-0.3, -0.25) is 0 Å². The molecule has 1 N–H and O–H groups in total. The lowest BCUT2D eigenvalue weighted by atomic mass is 10.2. The molecule has 1 saturated heterocycles. The average Bonchev–Trinajstić information content (AvgIpc) is 2.92. The molecule has 1 aromatic heterocycles. The molecule has 0 aliphatic carbocycles. The number of nitriles is 1. The van der Waals surface area contributed by atoms with Crippen molar-refractivity contribution in [2.24, 2.45) is 0 Å². The summed E-state index contributed by atoms with van der Waals surface area (Å²) in [6.45, 7) is 5.31. The zero-order valence-corrected chi connectivity index (χ0v) is 11.9. The van der Waals surface area contributed by atoms with Gasteiger partial charge in [0.2, 0.25) is 0 Å². The number of thiazole rings is 1. The molecule has 2 heterocycles. The highest BCUT2D eigenvalue weighted by Crippen LogP contribution is 2.23. The molecule has 104 valence electrons. The summed E-state index contributed by atoms with van der Waals surface area (Å²) in [6, 6.07) is 2.16. The highest BCUT2D eigenvalue weighted by atomic mass is 32.1. The quantitative estimate of drug-likeness (QED) is 0.771. The summed E-state index contributed by atoms with van der Waals surface area (Å²) >= 11 is 1.75. The Morgan fingerprint density at radius 2 is 2.26 bits per heavy atom. The SMILES string of the molecule is N#CCCCCNCc1cnc(N2CCOCC2)s1. The van der Waals surface area contributed by atoms with Crippen LogP contribution in [0.15, 0.2) is 6.20 Å². The summed E-state index contributed by atoms with van der Waals surface area (Å²) in [5, 5.41) is 12.9. The highest BCUT2D eigenvalue weighted by molar-refractivity contribution is 7.15. The Hall–Kier alpha value is -1.16. The average molecular weight is 280 g/mol. The number of nitrogens with one attached hydrogen (secondary N) is 1. The predicted octanol–water partition coefficient (Wildman–Crippen LogP) is 1.76. The molecule has 19 heavy (non-hydrogen) atoms. The van der Waals surface area contributed by atoms with Gasteiger partial charge in [-0.1, -0.05) is 0 Å². The maximum Gasteiger partial charge on any atom is 0.185 e. The first-order chi connectivity index (χ1) is 9.40. The third-order valence-corrected chi connectivity index (χ3v) is 4.07. The van der Waals surface area contributed by atoms with Crippen molar-refractivity contribution in [3.8, 4) is 6.07 Å². The second-order valence-electron chi connectivity index (χ2n) is 4.50. The van der Waals surface area contributed by atoms with Crippen molar-refractivity contribution in [1.82, 2.24) is 10.3 Å². The Labute approximate surface area is 118 Å². The molecule has 0 aromatic carbocycles. The van der Waals surface area contributed by atoms with Crippen molar-refractivity contribution in [2.75, 3.05) is 37.7 Å². The van der Waals surface area contributed by atoms with Crippen LogP contribution in [0.5, 0.6) is 0 Å². The zero-order chi connectivity index (χ0) is 13.3. The number of rotatable bonds is 7. The number of anilines is 1. The van der Waals surface area contributed by atoms with E-state index in [9.17, 15) is 0 Å². The third-order valence-electron chi connectivity index (χ3n) is 3.01. The zero-order valence-electron chi connectivity index (χ0n) is 11.1. The van der Waals surface area contributed by atoms with E-state index >= 15 is 0 Å². The van der Waals surface area contributed by atoms with E-state index in [1.165, 1.54) is 4.88 Å². The number of unbranched alkanes of at least 4 members (excludes halogenated alkanes) is 2. The summed E-state index contributed by atoms with van der Waals surface area (Å²) in [7, 11) is 0. The van der Waals surface area contributed by atoms with Crippen molar-refractivity contribution < 1.29 is 4.74 Å². The largest absolute Gasteiger partial charge is 0.378 e. The van der Waals surface area contributed by atoms with Gasteiger partial charge in [0.1, 0.15) is 0 Å². The van der Waals surface area contributed by atoms with Crippen molar-refractivity contribution in [3.05, 3.63) is 11.1 Å². The summed E-state index contributed by atoms with van der Waals surface area (Å²) < 4.78 is 5.34. The number of ether oxygens (including phenoxy) is 1. The lowest BCUT2D eigenvalue weighted by Crippen LogP contribution is -2.36. The fraction of sp³-hybridized carbons (Fsp3) is 0.692. The van der Waals surface area contributed by atoms with Crippen LogP contribution in [0.2, 0.25) is 0 Å². The van der Waals surface area contributed by atoms with Crippen LogP contribution in [-0.2, 0) is 11.3 Å². The number of hydrogen-bond acceptors (Lipinski definition) is 6. The summed E-state index contributed by atoms with van der Waals surface area (Å²) in [5.41, 5.74) is 0. The standard InChI is InChI=1S/C13H20N4OS/c14-4-2-1-3-5-15-10-12-11-16-13(19-12)17-6-8-18-9-7-17/h11,15H,1-3,5-10H2. The van der Waals surface area contributed by atoms with Crippen LogP contribution >= 0.6 is 11.3 Å². The summed E-state index contributed by atoms with van der Waals surface area (Å²) in [5.74, 6) is 0. The molecule has 1 aliphatic rings. The first-order valence-electron chi connectivity index (χ1n) is 6.75. The molecule has 5 nitrogen and oxygen atoms in total. The van der Waals surface area contributed by atoms with E-state index < -0.39 is 0 Å². The van der Waals surface area contributed by atoms with Gasteiger partial charge in [-0.25, -0.2) is 4.98 Å². The van der Waals surface area contributed by atoms with Crippen LogP contribution in [-0.4, -0.2) is 37.8 Å². The summed E-state index contributed by atoms with van der Waals surface area (Å²) in [6.07, 6.45) is 4.65. The fourth-order valence-electron chi connectivity index (χ4n) is 1.95. The highest BCUT2D eigenvalue weighted by Gasteiger charge is 2.14. The predicted molar refractivity (Wildman–Crippen MR) is 76.3 cm³/mol. The van der Waals surface area contributed by atoms with Crippen LogP contribution < -0.4 is 10.2 Å². The first-order valence-corrected chi connectivity index (χ1v) is 7.57. The van der Waals surface area contributed by atoms with Gasteiger partial charge in [-0.2, -0.15) is 5.26 Å². The van der Waals surface area contributed by atoms with E-state index in [0.29, 0.717) is 6.42 Å². The monoisotopic (exact) mass is 280 g/mol. The molecule has 2 rings (SSSR count). The van der Waals surface area contributed by atoms with Gasteiger partial charge in [-0.05, 0) is 19.4 Å². The van der Waals surface area contributed by atoms with Crippen LogP contribution in [0.3, 0.4) is 0 Å². The van der Waals surface area contributed by atoms with Gasteiger partial charge in [0, 0.05) is 37.1 Å². The van der Waals surface area contributed by atoms with Gasteiger partial charge in [-0.15, -0.1) is 11.3 Å². The van der Waals surface area contributed by atoms with Crippen molar-refractivity contribution in [1.29, 1.82) is 5.26 Å². The number of hydrogen-bond donors (Lipinski definition) is 1. The Bertz CT molecular complexity index is 409. The third kappa shape index (κ3) is 4.78. The van der Waals surface area contributed by atoms with E-state index in [4.69, 9.17) is 10.00 Å². The van der Waals surface area contributed by atoms with Crippen LogP contribution in [0.1, 0.15) is 24.1 Å². The van der Waals surface area contributed by atoms with Crippen LogP contribution in [0.25, 0.3) is 0 Å². The van der Waals surface area contributed by atoms with E-state index in [1.54, 1.807) is 11.3 Å². The molecule has 1 fully saturated rings. The number of nitrogens with zero attached hydrogens (tertiary/aromatic N) is 3. The fourth-order valence-corrected chi connectivity index (χ4v) is 2.88. The molecule has 0 atom stereocenters. The normalized spacial score (nSPS) is 15.4. The minimum Gasteiger partial charge on any atom is -0.378 e.